The minimum atomic E-state index is 0.345. The first-order valence-corrected chi connectivity index (χ1v) is 6.99. The number of hydrogen-bond acceptors (Lipinski definition) is 3. The summed E-state index contributed by atoms with van der Waals surface area (Å²) >= 11 is 0. The van der Waals surface area contributed by atoms with E-state index in [0.717, 1.165) is 52.0 Å². The van der Waals surface area contributed by atoms with Gasteiger partial charge in [-0.05, 0) is 19.3 Å². The Bertz CT molecular complexity index is 253. The summed E-state index contributed by atoms with van der Waals surface area (Å²) in [5, 5.41) is 0. The predicted octanol–water partition coefficient (Wildman–Crippen LogP) is 0.668. The minimum Gasteiger partial charge on any atom is -0.340 e. The number of nitrogens with zero attached hydrogens (tertiary/aromatic N) is 2. The maximum atomic E-state index is 12.1. The summed E-state index contributed by atoms with van der Waals surface area (Å²) in [6.07, 6.45) is 4.56. The molecule has 0 aromatic heterocycles. The zero-order chi connectivity index (χ0) is 12.3. The summed E-state index contributed by atoms with van der Waals surface area (Å²) in [5.41, 5.74) is 5.77. The smallest absolute Gasteiger partial charge is 0.225 e. The van der Waals surface area contributed by atoms with Gasteiger partial charge in [0.15, 0.2) is 0 Å². The molecule has 1 atom stereocenters. The molecule has 1 aliphatic carbocycles. The molecule has 1 unspecified atom stereocenters. The molecule has 1 aliphatic heterocycles. The molecule has 1 amide bonds. The van der Waals surface area contributed by atoms with E-state index in [1.54, 1.807) is 0 Å². The van der Waals surface area contributed by atoms with Crippen LogP contribution in [0.2, 0.25) is 0 Å². The molecule has 98 valence electrons. The van der Waals surface area contributed by atoms with Crippen LogP contribution in [0, 0.1) is 5.92 Å². The van der Waals surface area contributed by atoms with Crippen LogP contribution in [0.25, 0.3) is 0 Å². The number of hydrogen-bond donors (Lipinski definition) is 1. The van der Waals surface area contributed by atoms with Crippen molar-refractivity contribution in [2.24, 2.45) is 11.7 Å². The van der Waals surface area contributed by atoms with Crippen LogP contribution < -0.4 is 5.73 Å². The standard InChI is InChI=1S/C13H25N3O/c1-2-12(10-14)15-6-8-16(9-7-15)13(17)11-4-3-5-11/h11-12H,2-10,14H2,1H3. The number of carbonyl (C=O) groups excluding carboxylic acids is 1. The molecule has 0 aromatic carbocycles. The van der Waals surface area contributed by atoms with E-state index >= 15 is 0 Å². The van der Waals surface area contributed by atoms with Crippen molar-refractivity contribution >= 4 is 5.91 Å². The van der Waals surface area contributed by atoms with Crippen molar-refractivity contribution in [3.8, 4) is 0 Å². The zero-order valence-electron chi connectivity index (χ0n) is 10.9. The Balaban J connectivity index is 1.78. The van der Waals surface area contributed by atoms with Gasteiger partial charge in [-0.15, -0.1) is 0 Å². The lowest BCUT2D eigenvalue weighted by Crippen LogP contribution is -2.54. The van der Waals surface area contributed by atoms with Gasteiger partial charge in [0.2, 0.25) is 5.91 Å². The average molecular weight is 239 g/mol. The number of amides is 1. The lowest BCUT2D eigenvalue weighted by atomic mass is 9.84. The normalized spacial score (nSPS) is 24.5. The van der Waals surface area contributed by atoms with Crippen LogP contribution in [0.4, 0.5) is 0 Å². The van der Waals surface area contributed by atoms with Gasteiger partial charge >= 0.3 is 0 Å². The molecule has 1 saturated heterocycles. The zero-order valence-corrected chi connectivity index (χ0v) is 10.9. The Morgan fingerprint density at radius 2 is 1.94 bits per heavy atom. The molecule has 2 rings (SSSR count). The van der Waals surface area contributed by atoms with Crippen molar-refractivity contribution in [1.29, 1.82) is 0 Å². The van der Waals surface area contributed by atoms with Crippen molar-refractivity contribution in [1.82, 2.24) is 9.80 Å². The van der Waals surface area contributed by atoms with Crippen molar-refractivity contribution in [2.45, 2.75) is 38.6 Å². The molecule has 2 fully saturated rings. The molecule has 1 saturated carbocycles. The molecule has 17 heavy (non-hydrogen) atoms. The molecule has 1 heterocycles. The second kappa shape index (κ2) is 5.83. The van der Waals surface area contributed by atoms with Crippen molar-refractivity contribution in [3.63, 3.8) is 0 Å². The van der Waals surface area contributed by atoms with E-state index in [0.29, 0.717) is 17.9 Å². The van der Waals surface area contributed by atoms with Crippen LogP contribution in [0.3, 0.4) is 0 Å². The fourth-order valence-electron chi connectivity index (χ4n) is 2.79. The summed E-state index contributed by atoms with van der Waals surface area (Å²) in [7, 11) is 0. The number of carbonyl (C=O) groups is 1. The van der Waals surface area contributed by atoms with Gasteiger partial charge in [0.1, 0.15) is 0 Å². The molecule has 4 heteroatoms. The Labute approximate surface area is 104 Å². The van der Waals surface area contributed by atoms with Gasteiger partial charge in [-0.25, -0.2) is 0 Å². The van der Waals surface area contributed by atoms with E-state index in [4.69, 9.17) is 5.73 Å². The average Bonchev–Trinajstić information content (AvgIpc) is 2.29. The summed E-state index contributed by atoms with van der Waals surface area (Å²) < 4.78 is 0. The van der Waals surface area contributed by atoms with E-state index in [-0.39, 0.29) is 0 Å². The highest BCUT2D eigenvalue weighted by Crippen LogP contribution is 2.28. The van der Waals surface area contributed by atoms with E-state index in [9.17, 15) is 4.79 Å². The quantitative estimate of drug-likeness (QED) is 0.784. The fourth-order valence-corrected chi connectivity index (χ4v) is 2.79. The largest absolute Gasteiger partial charge is 0.340 e. The van der Waals surface area contributed by atoms with Crippen molar-refractivity contribution in [3.05, 3.63) is 0 Å². The highest BCUT2D eigenvalue weighted by Gasteiger charge is 2.31. The lowest BCUT2D eigenvalue weighted by molar-refractivity contribution is -0.140. The van der Waals surface area contributed by atoms with Gasteiger partial charge in [0, 0.05) is 44.7 Å². The first kappa shape index (κ1) is 12.8. The fraction of sp³-hybridized carbons (Fsp3) is 0.923. The number of nitrogens with two attached hydrogens (primary N) is 1. The molecule has 0 aromatic rings. The molecule has 4 nitrogen and oxygen atoms in total. The first-order valence-electron chi connectivity index (χ1n) is 6.99. The molecular weight excluding hydrogens is 214 g/mol. The third-order valence-electron chi connectivity index (χ3n) is 4.34. The Morgan fingerprint density at radius 3 is 2.35 bits per heavy atom. The van der Waals surface area contributed by atoms with E-state index < -0.39 is 0 Å². The third-order valence-corrected chi connectivity index (χ3v) is 4.34. The van der Waals surface area contributed by atoms with Gasteiger partial charge in [0.05, 0.1) is 0 Å². The van der Waals surface area contributed by atoms with Crippen LogP contribution in [-0.4, -0.2) is 54.5 Å². The molecule has 0 radical (unpaired) electrons. The summed E-state index contributed by atoms with van der Waals surface area (Å²) in [5.74, 6) is 0.745. The van der Waals surface area contributed by atoms with Crippen molar-refractivity contribution < 1.29 is 4.79 Å². The van der Waals surface area contributed by atoms with Gasteiger partial charge < -0.3 is 10.6 Å². The molecule has 0 bridgehead atoms. The van der Waals surface area contributed by atoms with Crippen LogP contribution in [-0.2, 0) is 4.79 Å². The van der Waals surface area contributed by atoms with Gasteiger partial charge in [-0.1, -0.05) is 13.3 Å². The summed E-state index contributed by atoms with van der Waals surface area (Å²) in [6.45, 7) is 6.69. The van der Waals surface area contributed by atoms with E-state index in [1.807, 2.05) is 0 Å². The lowest BCUT2D eigenvalue weighted by Gasteiger charge is -2.40. The number of piperazine rings is 1. The first-order chi connectivity index (χ1) is 8.26. The maximum Gasteiger partial charge on any atom is 0.225 e. The van der Waals surface area contributed by atoms with Gasteiger partial charge in [-0.3, -0.25) is 9.69 Å². The second-order valence-corrected chi connectivity index (χ2v) is 5.29. The highest BCUT2D eigenvalue weighted by molar-refractivity contribution is 5.79. The number of rotatable bonds is 4. The maximum absolute atomic E-state index is 12.1. The highest BCUT2D eigenvalue weighted by atomic mass is 16.2. The molecular formula is C13H25N3O. The second-order valence-electron chi connectivity index (χ2n) is 5.29. The minimum absolute atomic E-state index is 0.345. The summed E-state index contributed by atoms with van der Waals surface area (Å²) in [6, 6.07) is 0.496. The van der Waals surface area contributed by atoms with E-state index in [2.05, 4.69) is 16.7 Å². The van der Waals surface area contributed by atoms with Crippen LogP contribution >= 0.6 is 0 Å². The molecule has 0 spiro atoms. The third kappa shape index (κ3) is 2.80. The Hall–Kier alpha value is -0.610. The molecule has 2 N–H and O–H groups in total. The molecule has 2 aliphatic rings. The van der Waals surface area contributed by atoms with Crippen LogP contribution in [0.5, 0.6) is 0 Å². The summed E-state index contributed by atoms with van der Waals surface area (Å²) in [4.78, 5) is 16.6. The van der Waals surface area contributed by atoms with E-state index in [1.165, 1.54) is 6.42 Å². The van der Waals surface area contributed by atoms with Crippen LogP contribution in [0.15, 0.2) is 0 Å². The van der Waals surface area contributed by atoms with Crippen molar-refractivity contribution in [2.75, 3.05) is 32.7 Å². The van der Waals surface area contributed by atoms with Crippen LogP contribution in [0.1, 0.15) is 32.6 Å². The van der Waals surface area contributed by atoms with Gasteiger partial charge in [0.25, 0.3) is 0 Å². The SMILES string of the molecule is CCC(CN)N1CCN(C(=O)C2CCC2)CC1. The van der Waals surface area contributed by atoms with Gasteiger partial charge in [-0.2, -0.15) is 0 Å². The Kier molecular flexibility index (Phi) is 4.40. The monoisotopic (exact) mass is 239 g/mol. The predicted molar refractivity (Wildman–Crippen MR) is 68.6 cm³/mol. The Morgan fingerprint density at radius 1 is 1.29 bits per heavy atom. The topological polar surface area (TPSA) is 49.6 Å².